The molecule has 1 aromatic rings. The Morgan fingerprint density at radius 3 is 2.95 bits per heavy atom. The highest BCUT2D eigenvalue weighted by Gasteiger charge is 2.32. The molecule has 1 aliphatic heterocycles. The van der Waals surface area contributed by atoms with Crippen LogP contribution in [-0.2, 0) is 9.53 Å². The number of nitrogens with one attached hydrogen (secondary N) is 1. The third kappa shape index (κ3) is 3.85. The predicted molar refractivity (Wildman–Crippen MR) is 78.9 cm³/mol. The summed E-state index contributed by atoms with van der Waals surface area (Å²) in [6.07, 6.45) is 2.40. The first-order valence-corrected chi connectivity index (χ1v) is 7.17. The van der Waals surface area contributed by atoms with E-state index in [4.69, 9.17) is 4.74 Å². The number of benzene rings is 1. The number of carbonyl (C=O) groups is 1. The van der Waals surface area contributed by atoms with Crippen LogP contribution < -0.4 is 5.32 Å². The van der Waals surface area contributed by atoms with Crippen LogP contribution in [0.15, 0.2) is 30.3 Å². The SMILES string of the molecule is CC#CCCNC(=O)C1CCCOC1c1ccccc1. The van der Waals surface area contributed by atoms with E-state index < -0.39 is 0 Å². The molecule has 3 nitrogen and oxygen atoms in total. The summed E-state index contributed by atoms with van der Waals surface area (Å²) in [6, 6.07) is 10.0. The van der Waals surface area contributed by atoms with Gasteiger partial charge in [-0.15, -0.1) is 11.8 Å². The lowest BCUT2D eigenvalue weighted by Gasteiger charge is -2.31. The van der Waals surface area contributed by atoms with Crippen molar-refractivity contribution in [1.29, 1.82) is 0 Å². The van der Waals surface area contributed by atoms with Gasteiger partial charge in [-0.3, -0.25) is 4.79 Å². The van der Waals surface area contributed by atoms with Crippen molar-refractivity contribution in [3.63, 3.8) is 0 Å². The van der Waals surface area contributed by atoms with Crippen molar-refractivity contribution in [2.75, 3.05) is 13.2 Å². The molecule has 0 saturated carbocycles. The molecule has 1 saturated heterocycles. The van der Waals surface area contributed by atoms with Crippen molar-refractivity contribution in [1.82, 2.24) is 5.32 Å². The van der Waals surface area contributed by atoms with Gasteiger partial charge in [-0.05, 0) is 25.3 Å². The van der Waals surface area contributed by atoms with Gasteiger partial charge in [0.05, 0.1) is 12.0 Å². The predicted octanol–water partition coefficient (Wildman–Crippen LogP) is 2.68. The monoisotopic (exact) mass is 271 g/mol. The second-order valence-corrected chi connectivity index (χ2v) is 4.92. The highest BCUT2D eigenvalue weighted by molar-refractivity contribution is 5.79. The summed E-state index contributed by atoms with van der Waals surface area (Å²) < 4.78 is 5.84. The fraction of sp³-hybridized carbons (Fsp3) is 0.471. The molecule has 106 valence electrons. The van der Waals surface area contributed by atoms with Crippen LogP contribution in [0.5, 0.6) is 0 Å². The topological polar surface area (TPSA) is 38.3 Å². The normalized spacial score (nSPS) is 21.6. The zero-order valence-electron chi connectivity index (χ0n) is 11.9. The minimum atomic E-state index is -0.123. The molecule has 0 aromatic heterocycles. The second-order valence-electron chi connectivity index (χ2n) is 4.92. The third-order valence-corrected chi connectivity index (χ3v) is 3.51. The van der Waals surface area contributed by atoms with Gasteiger partial charge in [0.1, 0.15) is 0 Å². The number of amides is 1. The fourth-order valence-corrected chi connectivity index (χ4v) is 2.53. The molecular weight excluding hydrogens is 250 g/mol. The highest BCUT2D eigenvalue weighted by atomic mass is 16.5. The number of hydrogen-bond acceptors (Lipinski definition) is 2. The maximum Gasteiger partial charge on any atom is 0.226 e. The first-order chi connectivity index (χ1) is 9.83. The number of ether oxygens (including phenoxy) is 1. The molecule has 2 atom stereocenters. The van der Waals surface area contributed by atoms with Gasteiger partial charge in [-0.25, -0.2) is 0 Å². The van der Waals surface area contributed by atoms with E-state index in [9.17, 15) is 4.79 Å². The minimum absolute atomic E-state index is 0.0801. The molecule has 20 heavy (non-hydrogen) atoms. The van der Waals surface area contributed by atoms with Crippen molar-refractivity contribution in [3.05, 3.63) is 35.9 Å². The molecule has 2 rings (SSSR count). The van der Waals surface area contributed by atoms with Gasteiger partial charge in [0.15, 0.2) is 0 Å². The Hall–Kier alpha value is -1.79. The molecule has 0 aliphatic carbocycles. The van der Waals surface area contributed by atoms with Crippen LogP contribution in [0.25, 0.3) is 0 Å². The lowest BCUT2D eigenvalue weighted by molar-refractivity contribution is -0.134. The van der Waals surface area contributed by atoms with Crippen LogP contribution >= 0.6 is 0 Å². The van der Waals surface area contributed by atoms with E-state index in [1.54, 1.807) is 0 Å². The van der Waals surface area contributed by atoms with Crippen molar-refractivity contribution in [2.24, 2.45) is 5.92 Å². The van der Waals surface area contributed by atoms with Crippen molar-refractivity contribution in [3.8, 4) is 11.8 Å². The van der Waals surface area contributed by atoms with Crippen LogP contribution in [0, 0.1) is 17.8 Å². The Bertz CT molecular complexity index is 487. The minimum Gasteiger partial charge on any atom is -0.373 e. The molecule has 0 radical (unpaired) electrons. The van der Waals surface area contributed by atoms with E-state index >= 15 is 0 Å². The average Bonchev–Trinajstić information content (AvgIpc) is 2.52. The quantitative estimate of drug-likeness (QED) is 0.675. The van der Waals surface area contributed by atoms with E-state index in [2.05, 4.69) is 17.2 Å². The summed E-state index contributed by atoms with van der Waals surface area (Å²) in [5.74, 6) is 5.77. The van der Waals surface area contributed by atoms with Crippen LogP contribution in [0.3, 0.4) is 0 Å². The van der Waals surface area contributed by atoms with E-state index in [0.29, 0.717) is 13.0 Å². The summed E-state index contributed by atoms with van der Waals surface area (Å²) in [7, 11) is 0. The van der Waals surface area contributed by atoms with Gasteiger partial charge < -0.3 is 10.1 Å². The lowest BCUT2D eigenvalue weighted by Crippen LogP contribution is -2.37. The maximum atomic E-state index is 12.3. The fourth-order valence-electron chi connectivity index (χ4n) is 2.53. The first-order valence-electron chi connectivity index (χ1n) is 7.17. The average molecular weight is 271 g/mol. The number of carbonyl (C=O) groups excluding carboxylic acids is 1. The first kappa shape index (κ1) is 14.6. The second kappa shape index (κ2) is 7.72. The molecule has 1 amide bonds. The molecule has 2 unspecified atom stereocenters. The van der Waals surface area contributed by atoms with E-state index in [0.717, 1.165) is 25.0 Å². The largest absolute Gasteiger partial charge is 0.373 e. The Labute approximate surface area is 120 Å². The smallest absolute Gasteiger partial charge is 0.226 e. The van der Waals surface area contributed by atoms with Gasteiger partial charge in [-0.2, -0.15) is 0 Å². The van der Waals surface area contributed by atoms with Crippen molar-refractivity contribution >= 4 is 5.91 Å². The molecule has 1 aromatic carbocycles. The van der Waals surface area contributed by atoms with Crippen LogP contribution in [0.1, 0.15) is 37.9 Å². The van der Waals surface area contributed by atoms with E-state index in [1.165, 1.54) is 0 Å². The zero-order chi connectivity index (χ0) is 14.2. The van der Waals surface area contributed by atoms with Gasteiger partial charge >= 0.3 is 0 Å². The van der Waals surface area contributed by atoms with Crippen LogP contribution in [-0.4, -0.2) is 19.1 Å². The molecule has 1 N–H and O–H groups in total. The number of hydrogen-bond donors (Lipinski definition) is 1. The summed E-state index contributed by atoms with van der Waals surface area (Å²) in [5, 5.41) is 2.97. The van der Waals surface area contributed by atoms with Gasteiger partial charge in [-0.1, -0.05) is 30.3 Å². The molecule has 1 heterocycles. The molecule has 1 fully saturated rings. The molecule has 0 spiro atoms. The molecule has 1 aliphatic rings. The molecular formula is C17H21NO2. The summed E-state index contributed by atoms with van der Waals surface area (Å²) in [5.41, 5.74) is 1.08. The Morgan fingerprint density at radius 1 is 1.40 bits per heavy atom. The standard InChI is InChI=1S/C17H21NO2/c1-2-3-7-12-18-17(19)15-11-8-13-20-16(15)14-9-5-4-6-10-14/h4-6,9-10,15-16H,7-8,11-13H2,1H3,(H,18,19). The van der Waals surface area contributed by atoms with Crippen LogP contribution in [0.4, 0.5) is 0 Å². The van der Waals surface area contributed by atoms with E-state index in [-0.39, 0.29) is 17.9 Å². The van der Waals surface area contributed by atoms with Gasteiger partial charge in [0, 0.05) is 19.6 Å². The Balaban J connectivity index is 1.99. The summed E-state index contributed by atoms with van der Waals surface area (Å²) in [4.78, 5) is 12.3. The van der Waals surface area contributed by atoms with E-state index in [1.807, 2.05) is 37.3 Å². The summed E-state index contributed by atoms with van der Waals surface area (Å²) in [6.45, 7) is 3.14. The Kier molecular flexibility index (Phi) is 5.64. The highest BCUT2D eigenvalue weighted by Crippen LogP contribution is 2.33. The maximum absolute atomic E-state index is 12.3. The van der Waals surface area contributed by atoms with Gasteiger partial charge in [0.25, 0.3) is 0 Å². The Morgan fingerprint density at radius 2 is 2.20 bits per heavy atom. The third-order valence-electron chi connectivity index (χ3n) is 3.51. The van der Waals surface area contributed by atoms with Crippen LogP contribution in [0.2, 0.25) is 0 Å². The number of rotatable bonds is 4. The molecule has 3 heteroatoms. The zero-order valence-corrected chi connectivity index (χ0v) is 11.9. The lowest BCUT2D eigenvalue weighted by atomic mass is 9.89. The van der Waals surface area contributed by atoms with Gasteiger partial charge in [0.2, 0.25) is 5.91 Å². The molecule has 0 bridgehead atoms. The van der Waals surface area contributed by atoms with Crippen molar-refractivity contribution < 1.29 is 9.53 Å². The summed E-state index contributed by atoms with van der Waals surface area (Å²) >= 11 is 0. The van der Waals surface area contributed by atoms with Crippen molar-refractivity contribution in [2.45, 2.75) is 32.3 Å².